The van der Waals surface area contributed by atoms with Crippen LogP contribution >= 0.6 is 0 Å². The maximum atomic E-state index is 13.6. The molecule has 0 aliphatic rings. The van der Waals surface area contributed by atoms with E-state index in [1.54, 1.807) is 0 Å². The van der Waals surface area contributed by atoms with Crippen molar-refractivity contribution in [1.82, 2.24) is 4.98 Å². The van der Waals surface area contributed by atoms with Crippen LogP contribution < -0.4 is 10.6 Å². The summed E-state index contributed by atoms with van der Waals surface area (Å²) < 4.78 is 54.3. The molecule has 132 valence electrons. The van der Waals surface area contributed by atoms with Gasteiger partial charge in [-0.05, 0) is 36.4 Å². The van der Waals surface area contributed by atoms with Crippen molar-refractivity contribution in [3.8, 4) is 0 Å². The summed E-state index contributed by atoms with van der Waals surface area (Å²) in [7, 11) is 0. The van der Waals surface area contributed by atoms with Crippen molar-refractivity contribution in [3.05, 3.63) is 83.7 Å². The molecule has 3 aromatic rings. The number of hydrogen-bond acceptors (Lipinski definition) is 3. The zero-order chi connectivity index (χ0) is 18.7. The van der Waals surface area contributed by atoms with Gasteiger partial charge in [0.25, 0.3) is 5.91 Å². The van der Waals surface area contributed by atoms with Crippen molar-refractivity contribution in [1.29, 1.82) is 0 Å². The van der Waals surface area contributed by atoms with Gasteiger partial charge in [-0.3, -0.25) is 4.79 Å². The molecule has 1 amide bonds. The van der Waals surface area contributed by atoms with E-state index in [0.29, 0.717) is 0 Å². The zero-order valence-corrected chi connectivity index (χ0v) is 13.1. The van der Waals surface area contributed by atoms with Gasteiger partial charge < -0.3 is 10.6 Å². The van der Waals surface area contributed by atoms with Crippen LogP contribution in [0.3, 0.4) is 0 Å². The second-order valence-corrected chi connectivity index (χ2v) is 5.20. The van der Waals surface area contributed by atoms with Gasteiger partial charge in [0, 0.05) is 0 Å². The van der Waals surface area contributed by atoms with E-state index in [2.05, 4.69) is 15.6 Å². The minimum atomic E-state index is -0.924. The number of nitrogens with one attached hydrogen (secondary N) is 2. The Morgan fingerprint density at radius 1 is 0.769 bits per heavy atom. The number of pyridine rings is 1. The van der Waals surface area contributed by atoms with E-state index in [4.69, 9.17) is 0 Å². The number of nitrogens with zero attached hydrogens (tertiary/aromatic N) is 1. The third kappa shape index (κ3) is 3.64. The molecule has 0 atom stereocenters. The minimum absolute atomic E-state index is 0.132. The van der Waals surface area contributed by atoms with Crippen LogP contribution in [-0.2, 0) is 0 Å². The van der Waals surface area contributed by atoms with Crippen LogP contribution in [0, 0.1) is 23.3 Å². The zero-order valence-electron chi connectivity index (χ0n) is 13.1. The van der Waals surface area contributed by atoms with Gasteiger partial charge >= 0.3 is 0 Å². The summed E-state index contributed by atoms with van der Waals surface area (Å²) in [4.78, 5) is 15.9. The van der Waals surface area contributed by atoms with Gasteiger partial charge in [0.2, 0.25) is 0 Å². The van der Waals surface area contributed by atoms with Gasteiger partial charge in [0.15, 0.2) is 0 Å². The second kappa shape index (κ2) is 7.22. The quantitative estimate of drug-likeness (QED) is 0.666. The third-order valence-corrected chi connectivity index (χ3v) is 3.43. The molecule has 0 spiro atoms. The molecule has 3 rings (SSSR count). The fourth-order valence-electron chi connectivity index (χ4n) is 2.16. The van der Waals surface area contributed by atoms with Crippen LogP contribution in [0.4, 0.5) is 34.6 Å². The first-order valence-corrected chi connectivity index (χ1v) is 7.38. The predicted molar refractivity (Wildman–Crippen MR) is 88.2 cm³/mol. The molecule has 1 heterocycles. The molecule has 8 heteroatoms. The molecule has 0 aliphatic heterocycles. The average Bonchev–Trinajstić information content (AvgIpc) is 2.62. The Morgan fingerprint density at radius 3 is 1.81 bits per heavy atom. The van der Waals surface area contributed by atoms with Crippen molar-refractivity contribution in [3.63, 3.8) is 0 Å². The lowest BCUT2D eigenvalue weighted by atomic mass is 10.2. The SMILES string of the molecule is O=C(Nc1c(F)cccc1F)c1ccc(Nc2c(F)cccc2F)cn1. The number of halogens is 4. The fraction of sp³-hybridized carbons (Fsp3) is 0. The Hall–Kier alpha value is -3.42. The lowest BCUT2D eigenvalue weighted by Gasteiger charge is -2.10. The Labute approximate surface area is 145 Å². The van der Waals surface area contributed by atoms with Crippen LogP contribution in [0.15, 0.2) is 54.7 Å². The first kappa shape index (κ1) is 17.4. The van der Waals surface area contributed by atoms with Crippen molar-refractivity contribution in [2.75, 3.05) is 10.6 Å². The topological polar surface area (TPSA) is 54.0 Å². The number of amides is 1. The highest BCUT2D eigenvalue weighted by atomic mass is 19.1. The molecule has 0 saturated heterocycles. The first-order chi connectivity index (χ1) is 12.5. The van der Waals surface area contributed by atoms with Crippen molar-refractivity contribution in [2.45, 2.75) is 0 Å². The Bertz CT molecular complexity index is 921. The first-order valence-electron chi connectivity index (χ1n) is 7.38. The lowest BCUT2D eigenvalue weighted by molar-refractivity contribution is 0.102. The van der Waals surface area contributed by atoms with Gasteiger partial charge in [-0.2, -0.15) is 0 Å². The number of carbonyl (C=O) groups is 1. The normalized spacial score (nSPS) is 10.5. The van der Waals surface area contributed by atoms with Crippen LogP contribution in [-0.4, -0.2) is 10.9 Å². The summed E-state index contributed by atoms with van der Waals surface area (Å²) in [5.74, 6) is -4.26. The molecule has 0 unspecified atom stereocenters. The predicted octanol–water partition coefficient (Wildman–Crippen LogP) is 4.63. The molecule has 2 N–H and O–H groups in total. The smallest absolute Gasteiger partial charge is 0.274 e. The maximum Gasteiger partial charge on any atom is 0.274 e. The van der Waals surface area contributed by atoms with Crippen molar-refractivity contribution >= 4 is 23.0 Å². The molecule has 1 aromatic heterocycles. The van der Waals surface area contributed by atoms with Crippen LogP contribution in [0.5, 0.6) is 0 Å². The summed E-state index contributed by atoms with van der Waals surface area (Å²) in [6.45, 7) is 0. The van der Waals surface area contributed by atoms with Gasteiger partial charge in [0.1, 0.15) is 40.3 Å². The number of rotatable bonds is 4. The largest absolute Gasteiger partial charge is 0.349 e. The molecule has 26 heavy (non-hydrogen) atoms. The van der Waals surface area contributed by atoms with Gasteiger partial charge in [-0.15, -0.1) is 0 Å². The molecule has 0 aliphatic carbocycles. The molecule has 4 nitrogen and oxygen atoms in total. The summed E-state index contributed by atoms with van der Waals surface area (Å²) in [6, 6.07) is 9.17. The van der Waals surface area contributed by atoms with Gasteiger partial charge in [-0.1, -0.05) is 12.1 Å². The summed E-state index contributed by atoms with van der Waals surface area (Å²) >= 11 is 0. The molecule has 0 bridgehead atoms. The number of carbonyl (C=O) groups excluding carboxylic acids is 1. The number of aromatic nitrogens is 1. The summed E-state index contributed by atoms with van der Waals surface area (Å²) in [5, 5.41) is 4.60. The van der Waals surface area contributed by atoms with Crippen molar-refractivity contribution < 1.29 is 22.4 Å². The number of benzene rings is 2. The standard InChI is InChI=1S/C18H11F4N3O/c19-11-3-1-4-12(20)16(11)24-10-7-8-15(23-9-10)18(26)25-17-13(21)5-2-6-14(17)22/h1-9,24H,(H,25,26). The third-order valence-electron chi connectivity index (χ3n) is 3.43. The summed E-state index contributed by atoms with van der Waals surface area (Å²) in [5.41, 5.74) is -0.857. The Morgan fingerprint density at radius 2 is 1.31 bits per heavy atom. The molecule has 2 aromatic carbocycles. The van der Waals surface area contributed by atoms with E-state index in [1.807, 2.05) is 0 Å². The Kier molecular flexibility index (Phi) is 4.83. The molecular weight excluding hydrogens is 350 g/mol. The van der Waals surface area contributed by atoms with Gasteiger partial charge in [0.05, 0.1) is 11.9 Å². The fourth-order valence-corrected chi connectivity index (χ4v) is 2.16. The van der Waals surface area contributed by atoms with Crippen LogP contribution in [0.25, 0.3) is 0 Å². The molecular formula is C18H11F4N3O. The number of hydrogen-bond donors (Lipinski definition) is 2. The highest BCUT2D eigenvalue weighted by Gasteiger charge is 2.15. The van der Waals surface area contributed by atoms with E-state index >= 15 is 0 Å². The monoisotopic (exact) mass is 361 g/mol. The number of para-hydroxylation sites is 2. The molecule has 0 radical (unpaired) electrons. The van der Waals surface area contributed by atoms with Crippen LogP contribution in [0.2, 0.25) is 0 Å². The van der Waals surface area contributed by atoms with Crippen molar-refractivity contribution in [2.24, 2.45) is 0 Å². The molecule has 0 fully saturated rings. The number of anilines is 3. The minimum Gasteiger partial charge on any atom is -0.349 e. The Balaban J connectivity index is 1.76. The van der Waals surface area contributed by atoms with E-state index in [-0.39, 0.29) is 17.1 Å². The second-order valence-electron chi connectivity index (χ2n) is 5.20. The lowest BCUT2D eigenvalue weighted by Crippen LogP contribution is -2.15. The summed E-state index contributed by atoms with van der Waals surface area (Å²) in [6.07, 6.45) is 1.17. The molecule has 0 saturated carbocycles. The highest BCUT2D eigenvalue weighted by Crippen LogP contribution is 2.23. The van der Waals surface area contributed by atoms with Gasteiger partial charge in [-0.25, -0.2) is 22.5 Å². The van der Waals surface area contributed by atoms with E-state index in [9.17, 15) is 22.4 Å². The van der Waals surface area contributed by atoms with E-state index in [0.717, 1.165) is 24.3 Å². The highest BCUT2D eigenvalue weighted by molar-refractivity contribution is 6.03. The average molecular weight is 361 g/mol. The van der Waals surface area contributed by atoms with E-state index in [1.165, 1.54) is 30.5 Å². The van der Waals surface area contributed by atoms with Crippen LogP contribution in [0.1, 0.15) is 10.5 Å². The van der Waals surface area contributed by atoms with E-state index < -0.39 is 34.9 Å². The maximum absolute atomic E-state index is 13.6.